The van der Waals surface area contributed by atoms with E-state index in [0.29, 0.717) is 24.0 Å². The van der Waals surface area contributed by atoms with Crippen LogP contribution in [0.2, 0.25) is 0 Å². The lowest BCUT2D eigenvalue weighted by Gasteiger charge is -2.30. The van der Waals surface area contributed by atoms with Crippen LogP contribution in [0.4, 0.5) is 18.8 Å². The number of hydrogen-bond donors (Lipinski definition) is 4. The molecular formula is C39H51FN6O13S. The Morgan fingerprint density at radius 3 is 2.23 bits per heavy atom. The van der Waals surface area contributed by atoms with Crippen molar-refractivity contribution in [1.82, 2.24) is 30.5 Å². The van der Waals surface area contributed by atoms with Crippen LogP contribution >= 0.6 is 0 Å². The number of carbonyl (C=O) groups is 7. The van der Waals surface area contributed by atoms with Crippen LogP contribution in [0.1, 0.15) is 78.4 Å². The molecule has 0 spiro atoms. The van der Waals surface area contributed by atoms with Gasteiger partial charge in [0.25, 0.3) is 5.91 Å². The first-order valence-electron chi connectivity index (χ1n) is 19.2. The summed E-state index contributed by atoms with van der Waals surface area (Å²) in [6, 6.07) is 1.15. The number of amides is 6. The Bertz CT molecular complexity index is 2080. The standard InChI is InChI=1S/C39H51FN6O13S/c1-9-23-16-39(23,33(50)44-60(54,55)25-13-14-25)43-30(47)29-15-24(57-36(53)45-17-22-11-10-12-27(40)26(22)19-45)18-46(29)31(48)28(42-35(52)59-38(6,7)8)20-56-32(49)21(2)41-34(51)58-37(3,4)5/h9-12,23-25,28-29H,1-2,13-20H2,3-8H3,(H,41,51)(H,42,52)(H,43,47)(H,44,50)/t23-,24?,28+,29+,39-/m1/s1. The number of likely N-dealkylation sites (tertiary alicyclic amines) is 1. The Kier molecular flexibility index (Phi) is 12.9. The quantitative estimate of drug-likeness (QED) is 0.0965. The van der Waals surface area contributed by atoms with Crippen LogP contribution in [-0.2, 0) is 61.2 Å². The third kappa shape index (κ3) is 11.1. The highest BCUT2D eigenvalue weighted by molar-refractivity contribution is 7.91. The van der Waals surface area contributed by atoms with Gasteiger partial charge in [-0.25, -0.2) is 32.0 Å². The molecule has 60 heavy (non-hydrogen) atoms. The fourth-order valence-corrected chi connectivity index (χ4v) is 8.03. The Morgan fingerprint density at radius 2 is 1.65 bits per heavy atom. The first-order chi connectivity index (χ1) is 27.8. The molecular weight excluding hydrogens is 812 g/mol. The van der Waals surface area contributed by atoms with Crippen molar-refractivity contribution in [2.45, 2.75) is 120 Å². The predicted molar refractivity (Wildman–Crippen MR) is 208 cm³/mol. The fourth-order valence-electron chi connectivity index (χ4n) is 6.67. The van der Waals surface area contributed by atoms with Crippen LogP contribution in [0.25, 0.3) is 0 Å². The second-order valence-electron chi connectivity index (χ2n) is 17.1. The molecule has 0 radical (unpaired) electrons. The Morgan fingerprint density at radius 1 is 1.00 bits per heavy atom. The van der Waals surface area contributed by atoms with Crippen molar-refractivity contribution in [3.05, 3.63) is 60.1 Å². The van der Waals surface area contributed by atoms with E-state index in [-0.39, 0.29) is 25.9 Å². The molecule has 328 valence electrons. The lowest BCUT2D eigenvalue weighted by molar-refractivity contribution is -0.146. The maximum Gasteiger partial charge on any atom is 0.412 e. The van der Waals surface area contributed by atoms with Gasteiger partial charge in [0.2, 0.25) is 21.8 Å². The normalized spacial score (nSPS) is 22.6. The third-order valence-corrected chi connectivity index (χ3v) is 11.6. The summed E-state index contributed by atoms with van der Waals surface area (Å²) in [4.78, 5) is 96.0. The van der Waals surface area contributed by atoms with Gasteiger partial charge in [0.05, 0.1) is 18.3 Å². The zero-order valence-electron chi connectivity index (χ0n) is 34.3. The van der Waals surface area contributed by atoms with E-state index < -0.39 is 123 Å². The van der Waals surface area contributed by atoms with Crippen LogP contribution < -0.4 is 20.7 Å². The van der Waals surface area contributed by atoms with Gasteiger partial charge in [-0.05, 0) is 72.4 Å². The number of sulfonamides is 1. The summed E-state index contributed by atoms with van der Waals surface area (Å²) in [6.07, 6.45) is -2.45. The minimum Gasteiger partial charge on any atom is -0.458 e. The summed E-state index contributed by atoms with van der Waals surface area (Å²) in [5.41, 5.74) is -3.43. The topological polar surface area (TPSA) is 245 Å². The molecule has 3 fully saturated rings. The molecule has 1 unspecified atom stereocenters. The summed E-state index contributed by atoms with van der Waals surface area (Å²) in [6.45, 7) is 15.2. The van der Waals surface area contributed by atoms with Gasteiger partial charge >= 0.3 is 24.2 Å². The molecule has 2 saturated carbocycles. The van der Waals surface area contributed by atoms with Gasteiger partial charge in [-0.3, -0.25) is 29.3 Å². The Balaban J connectivity index is 1.39. The van der Waals surface area contributed by atoms with Crippen molar-refractivity contribution < 1.29 is 65.3 Å². The molecule has 0 bridgehead atoms. The summed E-state index contributed by atoms with van der Waals surface area (Å²) < 4.78 is 63.4. The molecule has 1 saturated heterocycles. The van der Waals surface area contributed by atoms with Crippen LogP contribution in [-0.4, -0.2) is 114 Å². The van der Waals surface area contributed by atoms with Gasteiger partial charge < -0.3 is 34.5 Å². The molecule has 5 atom stereocenters. The lowest BCUT2D eigenvalue weighted by atomic mass is 10.1. The minimum absolute atomic E-state index is 0.0145. The molecule has 1 aromatic rings. The number of carbonyl (C=O) groups excluding carboxylic acids is 7. The first kappa shape index (κ1) is 45.4. The van der Waals surface area contributed by atoms with E-state index in [9.17, 15) is 46.4 Å². The number of alkyl carbamates (subject to hydrolysis) is 2. The first-order valence-corrected chi connectivity index (χ1v) is 20.8. The van der Waals surface area contributed by atoms with E-state index >= 15 is 0 Å². The third-order valence-electron chi connectivity index (χ3n) is 9.82. The number of hydrogen-bond acceptors (Lipinski definition) is 13. The number of esters is 1. The number of fused-ring (bicyclic) bond motifs is 1. The van der Waals surface area contributed by atoms with E-state index in [1.807, 2.05) is 4.72 Å². The molecule has 2 heterocycles. The second kappa shape index (κ2) is 17.1. The molecule has 4 N–H and O–H groups in total. The predicted octanol–water partition coefficient (Wildman–Crippen LogP) is 2.39. The molecule has 2 aliphatic carbocycles. The van der Waals surface area contributed by atoms with E-state index in [4.69, 9.17) is 18.9 Å². The smallest absolute Gasteiger partial charge is 0.412 e. The van der Waals surface area contributed by atoms with Crippen molar-refractivity contribution in [2.75, 3.05) is 13.2 Å². The number of ether oxygens (including phenoxy) is 4. The molecule has 4 aliphatic rings. The van der Waals surface area contributed by atoms with Crippen LogP contribution in [0.15, 0.2) is 43.1 Å². The molecule has 21 heteroatoms. The van der Waals surface area contributed by atoms with E-state index in [2.05, 4.69) is 29.1 Å². The zero-order valence-corrected chi connectivity index (χ0v) is 35.1. The van der Waals surface area contributed by atoms with Crippen LogP contribution in [0.3, 0.4) is 0 Å². The van der Waals surface area contributed by atoms with Gasteiger partial charge in [-0.2, -0.15) is 0 Å². The number of nitrogens with one attached hydrogen (secondary N) is 4. The number of benzene rings is 1. The molecule has 1 aromatic carbocycles. The Hall–Kier alpha value is -5.73. The van der Waals surface area contributed by atoms with Gasteiger partial charge in [0, 0.05) is 24.4 Å². The maximum atomic E-state index is 14.5. The highest BCUT2D eigenvalue weighted by Gasteiger charge is 2.62. The van der Waals surface area contributed by atoms with Gasteiger partial charge in [0.15, 0.2) is 0 Å². The van der Waals surface area contributed by atoms with Gasteiger partial charge in [0.1, 0.15) is 53.0 Å². The van der Waals surface area contributed by atoms with E-state index in [1.54, 1.807) is 47.6 Å². The molecule has 0 aromatic heterocycles. The Labute approximate surface area is 346 Å². The van der Waals surface area contributed by atoms with Crippen LogP contribution in [0, 0.1) is 11.7 Å². The summed E-state index contributed by atoms with van der Waals surface area (Å²) in [7, 11) is -4.03. The van der Waals surface area contributed by atoms with E-state index in [1.165, 1.54) is 23.1 Å². The molecule has 6 amide bonds. The molecule has 19 nitrogen and oxygen atoms in total. The number of rotatable bonds is 13. The molecule has 5 rings (SSSR count). The van der Waals surface area contributed by atoms with Crippen molar-refractivity contribution in [2.24, 2.45) is 5.92 Å². The van der Waals surface area contributed by atoms with Gasteiger partial charge in [-0.1, -0.05) is 24.8 Å². The second-order valence-corrected chi connectivity index (χ2v) is 19.0. The SMILES string of the molecule is C=C[C@@H]1C[C@]1(NC(=O)[C@@H]1CC(OC(=O)N2Cc3cccc(F)c3C2)CN1C(=O)[C@H](COC(=O)C(=C)NC(=O)OC(C)(C)C)NC(=O)OC(C)(C)C)C(=O)NS(=O)(=O)C1CC1. The summed E-state index contributed by atoms with van der Waals surface area (Å²) >= 11 is 0. The van der Waals surface area contributed by atoms with Crippen LogP contribution in [0.5, 0.6) is 0 Å². The fraction of sp³-hybridized carbons (Fsp3) is 0.564. The van der Waals surface area contributed by atoms with Crippen molar-refractivity contribution in [3.8, 4) is 0 Å². The lowest BCUT2D eigenvalue weighted by Crippen LogP contribution is -2.59. The number of halogens is 1. The summed E-state index contributed by atoms with van der Waals surface area (Å²) in [5.74, 6) is -5.37. The largest absolute Gasteiger partial charge is 0.458 e. The van der Waals surface area contributed by atoms with Gasteiger partial charge in [-0.15, -0.1) is 6.58 Å². The maximum absolute atomic E-state index is 14.5. The zero-order chi connectivity index (χ0) is 44.5. The minimum atomic E-state index is -4.03. The average molecular weight is 863 g/mol. The average Bonchev–Trinajstić information content (AvgIpc) is 4.02. The monoisotopic (exact) mass is 862 g/mol. The highest BCUT2D eigenvalue weighted by atomic mass is 32.2. The molecule has 2 aliphatic heterocycles. The van der Waals surface area contributed by atoms with Crippen molar-refractivity contribution in [1.29, 1.82) is 0 Å². The number of nitrogens with zero attached hydrogens (tertiary/aromatic N) is 2. The van der Waals surface area contributed by atoms with Crippen molar-refractivity contribution >= 4 is 52.0 Å². The van der Waals surface area contributed by atoms with E-state index in [0.717, 1.165) is 4.90 Å². The summed E-state index contributed by atoms with van der Waals surface area (Å²) in [5, 5.41) is 6.30. The van der Waals surface area contributed by atoms with Crippen molar-refractivity contribution in [3.63, 3.8) is 0 Å². The highest BCUT2D eigenvalue weighted by Crippen LogP contribution is 2.45.